The predicted molar refractivity (Wildman–Crippen MR) is 291 cm³/mol. The van der Waals surface area contributed by atoms with Crippen LogP contribution in [0.4, 0.5) is 4.79 Å². The fourth-order valence-electron chi connectivity index (χ4n) is 7.75. The van der Waals surface area contributed by atoms with Gasteiger partial charge in [-0.1, -0.05) is 54.4 Å². The van der Waals surface area contributed by atoms with E-state index in [0.29, 0.717) is 38.8 Å². The third-order valence-electron chi connectivity index (χ3n) is 12.5. The molecule has 0 aromatic rings. The van der Waals surface area contributed by atoms with Gasteiger partial charge in [0.2, 0.25) is 47.3 Å². The fourth-order valence-corrected chi connectivity index (χ4v) is 7.75. The number of unbranched alkanes of at least 4 members (excludes halogenated alkanes) is 2. The van der Waals surface area contributed by atoms with Crippen LogP contribution in [0.5, 0.6) is 0 Å². The third kappa shape index (κ3) is 30.1. The average Bonchev–Trinajstić information content (AvgIpc) is 3.37. The van der Waals surface area contributed by atoms with Gasteiger partial charge < -0.3 is 97.6 Å². The van der Waals surface area contributed by atoms with Gasteiger partial charge in [0.05, 0.1) is 12.6 Å². The number of hydrogen-bond acceptors (Lipinski definition) is 16. The first-order chi connectivity index (χ1) is 37.1. The maximum atomic E-state index is 14.2. The number of carbonyl (C=O) groups excluding carboxylic acids is 9. The zero-order valence-corrected chi connectivity index (χ0v) is 46.6. The molecule has 0 unspecified atom stereocenters. The van der Waals surface area contributed by atoms with Crippen molar-refractivity contribution >= 4 is 71.2 Å². The summed E-state index contributed by atoms with van der Waals surface area (Å²) in [5.74, 6) is -11.6. The van der Waals surface area contributed by atoms with E-state index < -0.39 is 151 Å². The molecule has 0 aromatic heterocycles. The molecule has 0 saturated carbocycles. The molecule has 0 aliphatic carbocycles. The van der Waals surface area contributed by atoms with Crippen LogP contribution >= 0.6 is 0 Å². The molecule has 0 radical (unpaired) electrons. The molecule has 10 amide bonds. The van der Waals surface area contributed by atoms with Crippen molar-refractivity contribution in [1.29, 1.82) is 0 Å². The zero-order valence-electron chi connectivity index (χ0n) is 46.6. The monoisotopic (exact) mass is 1130 g/mol. The number of nitrogens with two attached hydrogens (primary N) is 6. The molecule has 79 heavy (non-hydrogen) atoms. The molecule has 10 atom stereocenters. The lowest BCUT2D eigenvalue weighted by atomic mass is 9.96. The van der Waals surface area contributed by atoms with E-state index >= 15 is 0 Å². The number of carboxylic acid groups (broad SMARTS) is 2. The number of aliphatic hydroxyl groups is 1. The van der Waals surface area contributed by atoms with Crippen molar-refractivity contribution in [3.8, 4) is 0 Å². The third-order valence-corrected chi connectivity index (χ3v) is 12.5. The smallest absolute Gasteiger partial charge is 0.326 e. The van der Waals surface area contributed by atoms with E-state index in [1.54, 1.807) is 41.5 Å². The van der Waals surface area contributed by atoms with Gasteiger partial charge in [0, 0.05) is 19.5 Å². The van der Waals surface area contributed by atoms with Crippen LogP contribution in [-0.4, -0.2) is 174 Å². The number of aliphatic carboxylic acids is 2. The van der Waals surface area contributed by atoms with Gasteiger partial charge in [-0.2, -0.15) is 0 Å². The summed E-state index contributed by atoms with van der Waals surface area (Å²) >= 11 is 0. The lowest BCUT2D eigenvalue weighted by molar-refractivity contribution is -0.143. The van der Waals surface area contributed by atoms with Crippen molar-refractivity contribution in [2.75, 3.05) is 32.8 Å². The molecular formula is C49H92N16O14. The first kappa shape index (κ1) is 72.1. The van der Waals surface area contributed by atoms with Gasteiger partial charge in [-0.15, -0.1) is 0 Å². The van der Waals surface area contributed by atoms with Crippen LogP contribution in [0.1, 0.15) is 131 Å². The summed E-state index contributed by atoms with van der Waals surface area (Å²) in [5, 5.41) is 52.2. The van der Waals surface area contributed by atoms with Crippen molar-refractivity contribution in [3.05, 3.63) is 0 Å². The highest BCUT2D eigenvalue weighted by Crippen LogP contribution is 2.14. The Balaban J connectivity index is 6.77. The van der Waals surface area contributed by atoms with Crippen LogP contribution < -0.4 is 82.3 Å². The van der Waals surface area contributed by atoms with Crippen LogP contribution in [0.3, 0.4) is 0 Å². The minimum atomic E-state index is -1.72. The highest BCUT2D eigenvalue weighted by molar-refractivity contribution is 5.98. The number of aliphatic imine (C=N–C) groups is 1. The number of nitrogens with zero attached hydrogens (tertiary/aromatic N) is 1. The van der Waals surface area contributed by atoms with Crippen molar-refractivity contribution in [3.63, 3.8) is 0 Å². The van der Waals surface area contributed by atoms with Crippen LogP contribution in [0.15, 0.2) is 4.99 Å². The Morgan fingerprint density at radius 1 is 0.506 bits per heavy atom. The first-order valence-corrected chi connectivity index (χ1v) is 26.9. The summed E-state index contributed by atoms with van der Waals surface area (Å²) in [4.78, 5) is 150. The van der Waals surface area contributed by atoms with E-state index in [9.17, 15) is 68.1 Å². The summed E-state index contributed by atoms with van der Waals surface area (Å²) in [6, 6.07) is -13.4. The molecule has 0 saturated heterocycles. The molecule has 24 N–H and O–H groups in total. The Labute approximate surface area is 461 Å². The second-order valence-electron chi connectivity index (χ2n) is 20.1. The minimum Gasteiger partial charge on any atom is -0.481 e. The minimum absolute atomic E-state index is 0.0100. The van der Waals surface area contributed by atoms with Gasteiger partial charge in [-0.25, -0.2) is 9.59 Å². The summed E-state index contributed by atoms with van der Waals surface area (Å²) < 4.78 is 0. The second-order valence-corrected chi connectivity index (χ2v) is 20.1. The Morgan fingerprint density at radius 3 is 1.46 bits per heavy atom. The molecule has 0 aliphatic heterocycles. The molecule has 0 rings (SSSR count). The van der Waals surface area contributed by atoms with Crippen molar-refractivity contribution < 1.29 is 68.1 Å². The van der Waals surface area contributed by atoms with E-state index in [1.165, 1.54) is 0 Å². The molecule has 30 nitrogen and oxygen atoms in total. The largest absolute Gasteiger partial charge is 0.481 e. The molecule has 0 aliphatic rings. The Bertz CT molecular complexity index is 2010. The highest BCUT2D eigenvalue weighted by atomic mass is 16.4. The molecule has 0 aromatic carbocycles. The normalized spacial score (nSPS) is 14.9. The lowest BCUT2D eigenvalue weighted by Gasteiger charge is -2.30. The van der Waals surface area contributed by atoms with Crippen molar-refractivity contribution in [2.45, 2.75) is 186 Å². The number of guanidine groups is 1. The first-order valence-electron chi connectivity index (χ1n) is 26.9. The van der Waals surface area contributed by atoms with Gasteiger partial charge in [-0.3, -0.25) is 48.1 Å². The molecule has 0 fully saturated rings. The number of primary amides is 1. The quantitative estimate of drug-likeness (QED) is 0.0156. The number of nitrogens with one attached hydrogen (secondary N) is 9. The van der Waals surface area contributed by atoms with Gasteiger partial charge in [0.25, 0.3) is 0 Å². The van der Waals surface area contributed by atoms with E-state index in [2.05, 4.69) is 52.8 Å². The Morgan fingerprint density at radius 2 is 0.949 bits per heavy atom. The van der Waals surface area contributed by atoms with Gasteiger partial charge >= 0.3 is 18.0 Å². The maximum Gasteiger partial charge on any atom is 0.326 e. The van der Waals surface area contributed by atoms with E-state index in [0.717, 1.165) is 0 Å². The number of aliphatic hydroxyl groups excluding tert-OH is 1. The zero-order chi connectivity index (χ0) is 60.4. The Hall–Kier alpha value is -6.92. The summed E-state index contributed by atoms with van der Waals surface area (Å²) in [5.41, 5.74) is 33.2. The van der Waals surface area contributed by atoms with E-state index in [4.69, 9.17) is 34.4 Å². The molecule has 0 heterocycles. The Kier molecular flexibility index (Phi) is 36.0. The summed E-state index contributed by atoms with van der Waals surface area (Å²) in [6.07, 6.45) is 1.50. The predicted octanol–water partition coefficient (Wildman–Crippen LogP) is -4.36. The molecule has 0 spiro atoms. The molecule has 0 bridgehead atoms. The fraction of sp³-hybridized carbons (Fsp3) is 0.755. The van der Waals surface area contributed by atoms with Crippen LogP contribution in [-0.2, 0) is 47.9 Å². The number of hydrogen-bond donors (Lipinski definition) is 18. The standard InChI is InChI=1S/C49H92N16O14/c1-7-28(6)38(46(76)60-32(18-19-36(67)68)42(72)64-37(27(4)5)45(75)62-34(24-26(2)3)43(73)61-33(47(77)78)15-9-11-21-51)65-41(71)31(17-13-23-57-49(55)79)59-44(74)35(25-66)63-40(70)30(16-12-22-56-48(53)54)58-39(69)29(52)14-8-10-20-50/h26-35,37-38,66H,7-25,50-52H2,1-6H3,(H,58,69)(H,59,74)(H,60,76)(H,61,73)(H,62,75)(H,63,70)(H,64,72)(H,65,71)(H,67,68)(H,77,78)(H4,53,54,56)(H3,55,57,79)/t28-,29-,30-,31-,32-,33-,34-,35-,37-,38-/m0/s1. The topological polar surface area (TPSA) is 525 Å². The van der Waals surface area contributed by atoms with Gasteiger partial charge in [0.15, 0.2) is 5.96 Å². The van der Waals surface area contributed by atoms with Gasteiger partial charge in [0.1, 0.15) is 48.3 Å². The average molecular weight is 1130 g/mol. The number of carboxylic acids is 2. The summed E-state index contributed by atoms with van der Waals surface area (Å²) in [7, 11) is 0. The van der Waals surface area contributed by atoms with Crippen molar-refractivity contribution in [2.24, 2.45) is 57.1 Å². The number of rotatable bonds is 42. The SMILES string of the molecule is CC[C@H](C)[C@H](NC(=O)[C@H](CCCNC(N)=O)NC(=O)[C@H](CO)NC(=O)[C@H](CCCN=C(N)N)NC(=O)[C@@H](N)CCCCN)C(=O)N[C@@H](CCC(=O)O)C(=O)N[C@H](C(=O)N[C@@H](CC(C)C)C(=O)N[C@@H](CCCCN)C(=O)O)C(C)C. The van der Waals surface area contributed by atoms with Crippen LogP contribution in [0, 0.1) is 17.8 Å². The lowest BCUT2D eigenvalue weighted by Crippen LogP contribution is -2.62. The van der Waals surface area contributed by atoms with Gasteiger partial charge in [-0.05, 0) is 101 Å². The number of urea groups is 1. The van der Waals surface area contributed by atoms with E-state index in [-0.39, 0.29) is 76.3 Å². The molecule has 30 heteroatoms. The number of carbonyl (C=O) groups is 11. The van der Waals surface area contributed by atoms with E-state index in [1.807, 2.05) is 0 Å². The van der Waals surface area contributed by atoms with Crippen molar-refractivity contribution in [1.82, 2.24) is 47.9 Å². The molecule has 452 valence electrons. The van der Waals surface area contributed by atoms with Crippen LogP contribution in [0.25, 0.3) is 0 Å². The highest BCUT2D eigenvalue weighted by Gasteiger charge is 2.37. The van der Waals surface area contributed by atoms with Crippen LogP contribution in [0.2, 0.25) is 0 Å². The summed E-state index contributed by atoms with van der Waals surface area (Å²) in [6.45, 7) is 9.65. The molecular weight excluding hydrogens is 1040 g/mol. The second kappa shape index (κ2) is 39.4. The maximum absolute atomic E-state index is 14.2. The number of amides is 10.